The van der Waals surface area contributed by atoms with E-state index >= 15 is 0 Å². The highest BCUT2D eigenvalue weighted by Gasteiger charge is 2.42. The van der Waals surface area contributed by atoms with Crippen molar-refractivity contribution in [2.45, 2.75) is 51.0 Å². The number of hydrogen-bond donors (Lipinski definition) is 4. The van der Waals surface area contributed by atoms with Gasteiger partial charge in [0, 0.05) is 10.6 Å². The average molecular weight is 613 g/mol. The number of aromatic hydroxyl groups is 2. The maximum absolute atomic E-state index is 11.7. The van der Waals surface area contributed by atoms with Crippen molar-refractivity contribution in [3.63, 3.8) is 0 Å². The molecule has 44 heavy (non-hydrogen) atoms. The van der Waals surface area contributed by atoms with Crippen LogP contribution in [0.5, 0.6) is 11.5 Å². The summed E-state index contributed by atoms with van der Waals surface area (Å²) in [6, 6.07) is 20.9. The van der Waals surface area contributed by atoms with Crippen LogP contribution in [0, 0.1) is 0 Å². The van der Waals surface area contributed by atoms with Crippen LogP contribution in [0.2, 0.25) is 5.02 Å². The van der Waals surface area contributed by atoms with Crippen molar-refractivity contribution in [2.24, 2.45) is 0 Å². The number of aromatic nitrogens is 6. The first kappa shape index (κ1) is 29.6. The van der Waals surface area contributed by atoms with E-state index < -0.39 is 23.5 Å². The van der Waals surface area contributed by atoms with Crippen LogP contribution in [0.1, 0.15) is 50.8 Å². The highest BCUT2D eigenvalue weighted by molar-refractivity contribution is 6.31. The second-order valence-electron chi connectivity index (χ2n) is 12.0. The molecule has 4 aromatic carbocycles. The van der Waals surface area contributed by atoms with Crippen LogP contribution in [0.15, 0.2) is 72.8 Å². The van der Waals surface area contributed by atoms with E-state index in [2.05, 4.69) is 20.4 Å². The van der Waals surface area contributed by atoms with Gasteiger partial charge in [0.2, 0.25) is 0 Å². The Balaban J connectivity index is 1.61. The molecule has 10 nitrogen and oxygen atoms in total. The monoisotopic (exact) mass is 612 g/mol. The van der Waals surface area contributed by atoms with E-state index in [4.69, 9.17) is 11.6 Å². The molecule has 2 heterocycles. The third-order valence-electron chi connectivity index (χ3n) is 8.17. The van der Waals surface area contributed by atoms with Crippen LogP contribution in [-0.4, -0.2) is 63.1 Å². The van der Waals surface area contributed by atoms with Crippen LogP contribution in [0.4, 0.5) is 0 Å². The number of fused-ring (bicyclic) bond motifs is 2. The van der Waals surface area contributed by atoms with Crippen molar-refractivity contribution < 1.29 is 20.4 Å². The summed E-state index contributed by atoms with van der Waals surface area (Å²) in [4.78, 5) is 2.69. The largest absolute Gasteiger partial charge is 0.506 e. The average Bonchev–Trinajstić information content (AvgIpc) is 3.62. The smallest absolute Gasteiger partial charge is 0.146 e. The number of nitrogens with zero attached hydrogens (tertiary/aromatic N) is 6. The molecule has 0 aliphatic heterocycles. The molecule has 226 valence electrons. The maximum Gasteiger partial charge on any atom is 0.146 e. The lowest BCUT2D eigenvalue weighted by Crippen LogP contribution is -2.44. The van der Waals surface area contributed by atoms with Gasteiger partial charge in [-0.15, -0.1) is 30.0 Å². The Labute approximate surface area is 258 Å². The number of hydrogen-bond acceptors (Lipinski definition) is 8. The first-order chi connectivity index (χ1) is 21.0. The Hall–Kier alpha value is -4.51. The minimum atomic E-state index is -1.39. The lowest BCUT2D eigenvalue weighted by atomic mass is 9.68. The van der Waals surface area contributed by atoms with Crippen LogP contribution >= 0.6 is 11.6 Å². The topological polar surface area (TPSA) is 142 Å². The van der Waals surface area contributed by atoms with E-state index in [1.54, 1.807) is 42.5 Å². The lowest BCUT2D eigenvalue weighted by Gasteiger charge is -2.39. The SMILES string of the molecule is CCC(O)C(CO)(c1ccc(O)c(-n2nc3ccccc3n2)c1)c1cc(-n2nc3ccc(Cl)cc3n2)c(O)c(C(C)(C)C)c1. The molecular formula is C33H33ClN6O4. The molecule has 0 fully saturated rings. The molecular weight excluding hydrogens is 580 g/mol. The number of halogens is 1. The quantitative estimate of drug-likeness (QED) is 0.183. The number of phenols is 2. The van der Waals surface area contributed by atoms with E-state index in [-0.39, 0.29) is 22.9 Å². The summed E-state index contributed by atoms with van der Waals surface area (Å²) in [6.45, 7) is 7.23. The van der Waals surface area contributed by atoms with Gasteiger partial charge in [0.15, 0.2) is 0 Å². The molecule has 0 bridgehead atoms. The van der Waals surface area contributed by atoms with Crippen LogP contribution in [0.25, 0.3) is 33.4 Å². The Bertz CT molecular complexity index is 1980. The van der Waals surface area contributed by atoms with Gasteiger partial charge < -0.3 is 20.4 Å². The van der Waals surface area contributed by atoms with E-state index in [9.17, 15) is 20.4 Å². The molecule has 0 radical (unpaired) electrons. The van der Waals surface area contributed by atoms with Crippen molar-refractivity contribution >= 4 is 33.7 Å². The molecule has 6 rings (SSSR count). The molecule has 0 amide bonds. The lowest BCUT2D eigenvalue weighted by molar-refractivity contribution is 0.0579. The summed E-state index contributed by atoms with van der Waals surface area (Å²) in [7, 11) is 0. The van der Waals surface area contributed by atoms with Gasteiger partial charge in [-0.25, -0.2) is 0 Å². The van der Waals surface area contributed by atoms with E-state index in [1.807, 2.05) is 52.0 Å². The summed E-state index contributed by atoms with van der Waals surface area (Å²) in [5.74, 6) is -0.0935. The number of rotatable bonds is 7. The van der Waals surface area contributed by atoms with Gasteiger partial charge in [0.25, 0.3) is 0 Å². The molecule has 2 aromatic heterocycles. The van der Waals surface area contributed by atoms with Gasteiger partial charge in [0.05, 0.1) is 18.1 Å². The molecule has 0 aliphatic rings. The number of phenolic OH excluding ortho intramolecular Hbond substituents is 2. The van der Waals surface area contributed by atoms with E-state index in [0.717, 1.165) is 0 Å². The predicted molar refractivity (Wildman–Crippen MR) is 169 cm³/mol. The predicted octanol–water partition coefficient (Wildman–Crippen LogP) is 5.57. The molecule has 11 heteroatoms. The minimum Gasteiger partial charge on any atom is -0.506 e. The summed E-state index contributed by atoms with van der Waals surface area (Å²) >= 11 is 6.19. The Morgan fingerprint density at radius 1 is 0.750 bits per heavy atom. The molecule has 0 saturated heterocycles. The fraction of sp³-hybridized carbons (Fsp3) is 0.273. The zero-order valence-corrected chi connectivity index (χ0v) is 25.5. The fourth-order valence-corrected chi connectivity index (χ4v) is 5.88. The Morgan fingerprint density at radius 3 is 1.95 bits per heavy atom. The van der Waals surface area contributed by atoms with Crippen LogP contribution in [-0.2, 0) is 10.8 Å². The van der Waals surface area contributed by atoms with Crippen molar-refractivity contribution in [3.05, 3.63) is 94.5 Å². The Kier molecular flexibility index (Phi) is 7.31. The third kappa shape index (κ3) is 4.85. The second-order valence-corrected chi connectivity index (χ2v) is 12.4. The van der Waals surface area contributed by atoms with Crippen molar-refractivity contribution in [1.29, 1.82) is 0 Å². The van der Waals surface area contributed by atoms with Gasteiger partial charge in [0.1, 0.15) is 44.9 Å². The molecule has 2 unspecified atom stereocenters. The highest BCUT2D eigenvalue weighted by Crippen LogP contribution is 2.44. The molecule has 6 aromatic rings. The van der Waals surface area contributed by atoms with Crippen LogP contribution in [0.3, 0.4) is 0 Å². The van der Waals surface area contributed by atoms with Gasteiger partial charge in [-0.05, 0) is 71.5 Å². The second kappa shape index (κ2) is 10.9. The van der Waals surface area contributed by atoms with Gasteiger partial charge in [-0.3, -0.25) is 0 Å². The first-order valence-electron chi connectivity index (χ1n) is 14.3. The molecule has 4 N–H and O–H groups in total. The van der Waals surface area contributed by atoms with Crippen molar-refractivity contribution in [3.8, 4) is 22.9 Å². The first-order valence-corrected chi connectivity index (χ1v) is 14.7. The Morgan fingerprint density at radius 2 is 1.34 bits per heavy atom. The number of aliphatic hydroxyl groups excluding tert-OH is 2. The fourth-order valence-electron chi connectivity index (χ4n) is 5.71. The number of aliphatic hydroxyl groups is 2. The normalized spacial score (nSPS) is 14.2. The van der Waals surface area contributed by atoms with E-state index in [0.29, 0.717) is 50.2 Å². The zero-order valence-electron chi connectivity index (χ0n) is 24.8. The van der Waals surface area contributed by atoms with Gasteiger partial charge >= 0.3 is 0 Å². The third-order valence-corrected chi connectivity index (χ3v) is 8.40. The molecule has 0 spiro atoms. The van der Waals surface area contributed by atoms with Gasteiger partial charge in [-0.1, -0.05) is 63.6 Å². The summed E-state index contributed by atoms with van der Waals surface area (Å²) in [6.07, 6.45) is -0.771. The highest BCUT2D eigenvalue weighted by atomic mass is 35.5. The molecule has 0 saturated carbocycles. The standard InChI is InChI=1S/C33H33ClN6O4/c1-5-30(43)33(18-41,19-10-13-29(42)27(15-19)39-35-23-8-6-7-9-24(23)36-39)20-14-22(32(2,3)4)31(44)28(16-20)40-37-25-12-11-21(34)17-26(25)38-40/h6-17,30,41-44H,5,18H2,1-4H3. The summed E-state index contributed by atoms with van der Waals surface area (Å²) in [5, 5.41) is 64.2. The number of benzene rings is 4. The zero-order chi connectivity index (χ0) is 31.4. The summed E-state index contributed by atoms with van der Waals surface area (Å²) < 4.78 is 0. The maximum atomic E-state index is 11.7. The molecule has 2 atom stereocenters. The summed E-state index contributed by atoms with van der Waals surface area (Å²) in [5.41, 5.74) is 2.69. The van der Waals surface area contributed by atoms with Gasteiger partial charge in [-0.2, -0.15) is 0 Å². The van der Waals surface area contributed by atoms with Crippen molar-refractivity contribution in [1.82, 2.24) is 30.0 Å². The van der Waals surface area contributed by atoms with Crippen molar-refractivity contribution in [2.75, 3.05) is 6.61 Å². The minimum absolute atomic E-state index is 0.0238. The van der Waals surface area contributed by atoms with Crippen LogP contribution < -0.4 is 0 Å². The van der Waals surface area contributed by atoms with E-state index in [1.165, 1.54) is 15.7 Å². The molecule has 0 aliphatic carbocycles.